The van der Waals surface area contributed by atoms with Crippen LogP contribution in [0.1, 0.15) is 29.3 Å². The lowest BCUT2D eigenvalue weighted by atomic mass is 10.1. The number of hydrogen-bond acceptors (Lipinski definition) is 3. The molecule has 1 heterocycles. The molecule has 78 valence electrons. The molecule has 1 aromatic heterocycles. The Labute approximate surface area is 92.5 Å². The van der Waals surface area contributed by atoms with Gasteiger partial charge in [0.15, 0.2) is 0 Å². The Balaban J connectivity index is 2.68. The van der Waals surface area contributed by atoms with Crippen LogP contribution >= 0.6 is 22.9 Å². The number of thiazole rings is 1. The number of hydrogen-bond donors (Lipinski definition) is 1. The number of alkyl halides is 1. The molecule has 0 aliphatic rings. The molecule has 0 atom stereocenters. The Morgan fingerprint density at radius 3 is 2.79 bits per heavy atom. The van der Waals surface area contributed by atoms with Gasteiger partial charge in [0.1, 0.15) is 5.69 Å². The molecule has 1 rings (SSSR count). The Hall–Kier alpha value is -0.610. The molecule has 0 bridgehead atoms. The summed E-state index contributed by atoms with van der Waals surface area (Å²) in [6, 6.07) is 0. The van der Waals surface area contributed by atoms with Crippen molar-refractivity contribution in [3.05, 3.63) is 16.1 Å². The first-order valence-electron chi connectivity index (χ1n) is 4.25. The summed E-state index contributed by atoms with van der Waals surface area (Å²) >= 11 is 7.16. The van der Waals surface area contributed by atoms with Gasteiger partial charge < -0.3 is 5.32 Å². The monoisotopic (exact) mass is 232 g/mol. The molecule has 0 saturated carbocycles. The highest BCUT2D eigenvalue weighted by atomic mass is 35.5. The van der Waals surface area contributed by atoms with Gasteiger partial charge in [0, 0.05) is 16.8 Å². The summed E-state index contributed by atoms with van der Waals surface area (Å²) in [5.41, 5.74) is 0.0709. The lowest BCUT2D eigenvalue weighted by Crippen LogP contribution is -2.45. The lowest BCUT2D eigenvalue weighted by molar-refractivity contribution is 0.0916. The smallest absolute Gasteiger partial charge is 0.271 e. The van der Waals surface area contributed by atoms with Crippen molar-refractivity contribution in [2.45, 2.75) is 26.3 Å². The van der Waals surface area contributed by atoms with E-state index in [4.69, 9.17) is 11.6 Å². The van der Waals surface area contributed by atoms with Crippen molar-refractivity contribution in [2.24, 2.45) is 0 Å². The highest BCUT2D eigenvalue weighted by molar-refractivity contribution is 7.09. The standard InChI is InChI=1S/C9H13ClN2OS/c1-6-11-7(4-14-6)8(13)12-9(2,3)5-10/h4H,5H2,1-3H3,(H,12,13). The van der Waals surface area contributed by atoms with Crippen molar-refractivity contribution >= 4 is 28.8 Å². The first-order chi connectivity index (χ1) is 6.44. The van der Waals surface area contributed by atoms with Crippen LogP contribution in [-0.4, -0.2) is 22.3 Å². The fourth-order valence-corrected chi connectivity index (χ4v) is 1.53. The van der Waals surface area contributed by atoms with Crippen LogP contribution in [0.5, 0.6) is 0 Å². The van der Waals surface area contributed by atoms with E-state index in [-0.39, 0.29) is 5.91 Å². The average molecular weight is 233 g/mol. The van der Waals surface area contributed by atoms with Gasteiger partial charge in [-0.2, -0.15) is 0 Å². The summed E-state index contributed by atoms with van der Waals surface area (Å²) in [6.07, 6.45) is 0. The van der Waals surface area contributed by atoms with Gasteiger partial charge in [-0.15, -0.1) is 22.9 Å². The minimum absolute atomic E-state index is 0.167. The first-order valence-corrected chi connectivity index (χ1v) is 5.66. The maximum Gasteiger partial charge on any atom is 0.271 e. The molecule has 0 fully saturated rings. The molecule has 1 amide bonds. The molecular formula is C9H13ClN2OS. The number of aromatic nitrogens is 1. The SMILES string of the molecule is Cc1nc(C(=O)NC(C)(C)CCl)cs1. The summed E-state index contributed by atoms with van der Waals surface area (Å²) in [7, 11) is 0. The third-order valence-electron chi connectivity index (χ3n) is 1.64. The molecule has 0 radical (unpaired) electrons. The number of nitrogens with one attached hydrogen (secondary N) is 1. The zero-order chi connectivity index (χ0) is 10.8. The van der Waals surface area contributed by atoms with Crippen LogP contribution in [0, 0.1) is 6.92 Å². The zero-order valence-electron chi connectivity index (χ0n) is 8.43. The Morgan fingerprint density at radius 1 is 1.71 bits per heavy atom. The van der Waals surface area contributed by atoms with Gasteiger partial charge in [0.05, 0.1) is 5.01 Å². The molecule has 0 aromatic carbocycles. The predicted octanol–water partition coefficient (Wildman–Crippen LogP) is 2.20. The van der Waals surface area contributed by atoms with Crippen molar-refractivity contribution in [2.75, 3.05) is 5.88 Å². The Morgan fingerprint density at radius 2 is 2.36 bits per heavy atom. The Bertz CT molecular complexity index is 335. The van der Waals surface area contributed by atoms with Gasteiger partial charge in [0.2, 0.25) is 0 Å². The van der Waals surface area contributed by atoms with Crippen molar-refractivity contribution in [3.63, 3.8) is 0 Å². The molecule has 1 aromatic rings. The second-order valence-corrected chi connectivity index (χ2v) is 5.05. The number of carbonyl (C=O) groups excluding carboxylic acids is 1. The molecule has 3 nitrogen and oxygen atoms in total. The molecule has 5 heteroatoms. The number of aryl methyl sites for hydroxylation is 1. The van der Waals surface area contributed by atoms with Gasteiger partial charge in [0.25, 0.3) is 5.91 Å². The van der Waals surface area contributed by atoms with E-state index in [0.29, 0.717) is 11.6 Å². The van der Waals surface area contributed by atoms with Gasteiger partial charge in [-0.1, -0.05) is 0 Å². The summed E-state index contributed by atoms with van der Waals surface area (Å²) in [6.45, 7) is 5.61. The number of nitrogens with zero attached hydrogens (tertiary/aromatic N) is 1. The number of halogens is 1. The van der Waals surface area contributed by atoms with Crippen LogP contribution in [0.25, 0.3) is 0 Å². The quantitative estimate of drug-likeness (QED) is 0.812. The second-order valence-electron chi connectivity index (χ2n) is 3.72. The van der Waals surface area contributed by atoms with E-state index < -0.39 is 5.54 Å². The minimum atomic E-state index is -0.393. The summed E-state index contributed by atoms with van der Waals surface area (Å²) in [4.78, 5) is 15.7. The summed E-state index contributed by atoms with van der Waals surface area (Å²) in [5.74, 6) is 0.210. The van der Waals surface area contributed by atoms with Gasteiger partial charge in [-0.05, 0) is 20.8 Å². The van der Waals surface area contributed by atoms with E-state index >= 15 is 0 Å². The normalized spacial score (nSPS) is 11.4. The maximum atomic E-state index is 11.6. The largest absolute Gasteiger partial charge is 0.345 e. The van der Waals surface area contributed by atoms with Crippen molar-refractivity contribution in [1.82, 2.24) is 10.3 Å². The zero-order valence-corrected chi connectivity index (χ0v) is 10.00. The van der Waals surface area contributed by atoms with Crippen LogP contribution < -0.4 is 5.32 Å². The predicted molar refractivity (Wildman–Crippen MR) is 59.1 cm³/mol. The van der Waals surface area contributed by atoms with E-state index in [0.717, 1.165) is 5.01 Å². The molecule has 0 unspecified atom stereocenters. The highest BCUT2D eigenvalue weighted by Gasteiger charge is 2.20. The van der Waals surface area contributed by atoms with E-state index in [1.54, 1.807) is 5.38 Å². The van der Waals surface area contributed by atoms with Crippen molar-refractivity contribution in [1.29, 1.82) is 0 Å². The topological polar surface area (TPSA) is 42.0 Å². The second kappa shape index (κ2) is 4.28. The number of carbonyl (C=O) groups is 1. The fraction of sp³-hybridized carbons (Fsp3) is 0.556. The van der Waals surface area contributed by atoms with E-state index in [1.165, 1.54) is 11.3 Å². The molecule has 14 heavy (non-hydrogen) atoms. The molecular weight excluding hydrogens is 220 g/mol. The molecule has 0 aliphatic heterocycles. The van der Waals surface area contributed by atoms with E-state index in [2.05, 4.69) is 10.3 Å². The third kappa shape index (κ3) is 2.96. The van der Waals surface area contributed by atoms with Crippen LogP contribution in [0.4, 0.5) is 0 Å². The van der Waals surface area contributed by atoms with Gasteiger partial charge >= 0.3 is 0 Å². The van der Waals surface area contributed by atoms with Crippen molar-refractivity contribution in [3.8, 4) is 0 Å². The fourth-order valence-electron chi connectivity index (χ4n) is 0.872. The van der Waals surface area contributed by atoms with Crippen LogP contribution in [0.2, 0.25) is 0 Å². The Kier molecular flexibility index (Phi) is 3.50. The van der Waals surface area contributed by atoms with Gasteiger partial charge in [-0.25, -0.2) is 4.98 Å². The van der Waals surface area contributed by atoms with E-state index in [1.807, 2.05) is 20.8 Å². The molecule has 1 N–H and O–H groups in total. The highest BCUT2D eigenvalue weighted by Crippen LogP contribution is 2.10. The minimum Gasteiger partial charge on any atom is -0.345 e. The number of rotatable bonds is 3. The van der Waals surface area contributed by atoms with Gasteiger partial charge in [-0.3, -0.25) is 4.79 Å². The summed E-state index contributed by atoms with van der Waals surface area (Å²) < 4.78 is 0. The summed E-state index contributed by atoms with van der Waals surface area (Å²) in [5, 5.41) is 5.44. The van der Waals surface area contributed by atoms with Crippen LogP contribution in [0.15, 0.2) is 5.38 Å². The third-order valence-corrected chi connectivity index (χ3v) is 3.08. The van der Waals surface area contributed by atoms with Crippen LogP contribution in [0.3, 0.4) is 0 Å². The first kappa shape index (κ1) is 11.5. The molecule has 0 spiro atoms. The number of amides is 1. The van der Waals surface area contributed by atoms with Crippen molar-refractivity contribution < 1.29 is 4.79 Å². The van der Waals surface area contributed by atoms with Crippen LogP contribution in [-0.2, 0) is 0 Å². The molecule has 0 saturated heterocycles. The maximum absolute atomic E-state index is 11.6. The van der Waals surface area contributed by atoms with E-state index in [9.17, 15) is 4.79 Å². The lowest BCUT2D eigenvalue weighted by Gasteiger charge is -2.22. The average Bonchev–Trinajstić information content (AvgIpc) is 2.51. The molecule has 0 aliphatic carbocycles.